The SMILES string of the molecule is Nc1c(C(=O)CN=O)ncn1Cc1ccccc1. The number of aromatic nitrogens is 2. The Morgan fingerprint density at radius 2 is 2.06 bits per heavy atom. The van der Waals surface area contributed by atoms with Crippen molar-refractivity contribution in [1.29, 1.82) is 0 Å². The van der Waals surface area contributed by atoms with Crippen molar-refractivity contribution in [3.63, 3.8) is 0 Å². The van der Waals surface area contributed by atoms with Gasteiger partial charge < -0.3 is 10.3 Å². The van der Waals surface area contributed by atoms with Crippen molar-refractivity contribution in [2.45, 2.75) is 6.54 Å². The molecule has 0 aliphatic rings. The van der Waals surface area contributed by atoms with Gasteiger partial charge in [-0.05, 0) is 5.56 Å². The smallest absolute Gasteiger partial charge is 0.209 e. The van der Waals surface area contributed by atoms with Gasteiger partial charge in [-0.15, -0.1) is 0 Å². The van der Waals surface area contributed by atoms with E-state index < -0.39 is 12.3 Å². The van der Waals surface area contributed by atoms with Crippen LogP contribution in [0.4, 0.5) is 5.82 Å². The van der Waals surface area contributed by atoms with Crippen LogP contribution in [0.2, 0.25) is 0 Å². The molecule has 6 heteroatoms. The molecular weight excluding hydrogens is 232 g/mol. The molecular formula is C12H12N4O2. The molecule has 0 fully saturated rings. The number of nitrogens with zero attached hydrogens (tertiary/aromatic N) is 3. The number of carbonyl (C=O) groups excluding carboxylic acids is 1. The van der Waals surface area contributed by atoms with Crippen LogP contribution in [0.1, 0.15) is 16.1 Å². The first-order valence-corrected chi connectivity index (χ1v) is 5.39. The van der Waals surface area contributed by atoms with E-state index in [1.165, 1.54) is 6.33 Å². The van der Waals surface area contributed by atoms with Crippen molar-refractivity contribution >= 4 is 11.6 Å². The summed E-state index contributed by atoms with van der Waals surface area (Å²) in [5.41, 5.74) is 6.97. The lowest BCUT2D eigenvalue weighted by Crippen LogP contribution is -2.09. The highest BCUT2D eigenvalue weighted by atomic mass is 16.3. The predicted molar refractivity (Wildman–Crippen MR) is 67.2 cm³/mol. The molecule has 2 aromatic rings. The zero-order valence-corrected chi connectivity index (χ0v) is 9.61. The molecule has 1 heterocycles. The number of hydrogen-bond donors (Lipinski definition) is 1. The first kappa shape index (κ1) is 12.0. The second-order valence-electron chi connectivity index (χ2n) is 3.80. The van der Waals surface area contributed by atoms with E-state index in [1.54, 1.807) is 4.57 Å². The standard InChI is InChI=1S/C12H12N4O2/c13-12-11(10(17)6-15-18)14-8-16(12)7-9-4-2-1-3-5-9/h1-5,8H,6-7,13H2. The summed E-state index contributed by atoms with van der Waals surface area (Å²) in [5.74, 6) is -0.207. The average molecular weight is 244 g/mol. The Hall–Kier alpha value is -2.50. The second-order valence-corrected chi connectivity index (χ2v) is 3.80. The number of nitroso groups, excluding NO2 is 1. The van der Waals surface area contributed by atoms with Crippen molar-refractivity contribution in [2.75, 3.05) is 12.3 Å². The lowest BCUT2D eigenvalue weighted by molar-refractivity contribution is 0.0998. The van der Waals surface area contributed by atoms with Crippen molar-refractivity contribution in [3.8, 4) is 0 Å². The minimum absolute atomic E-state index is 0.102. The quantitative estimate of drug-likeness (QED) is 0.636. The van der Waals surface area contributed by atoms with Gasteiger partial charge in [0.15, 0.2) is 5.69 Å². The van der Waals surface area contributed by atoms with Crippen molar-refractivity contribution < 1.29 is 4.79 Å². The maximum absolute atomic E-state index is 11.5. The van der Waals surface area contributed by atoms with Gasteiger partial charge in [-0.1, -0.05) is 35.5 Å². The number of carbonyl (C=O) groups is 1. The van der Waals surface area contributed by atoms with Crippen molar-refractivity contribution in [1.82, 2.24) is 9.55 Å². The summed E-state index contributed by atoms with van der Waals surface area (Å²) < 4.78 is 1.66. The van der Waals surface area contributed by atoms with Crippen molar-refractivity contribution in [3.05, 3.63) is 52.8 Å². The Morgan fingerprint density at radius 1 is 1.33 bits per heavy atom. The number of rotatable bonds is 5. The first-order valence-electron chi connectivity index (χ1n) is 5.39. The van der Waals surface area contributed by atoms with Gasteiger partial charge in [-0.2, -0.15) is 4.91 Å². The van der Waals surface area contributed by atoms with E-state index >= 15 is 0 Å². The number of anilines is 1. The summed E-state index contributed by atoms with van der Waals surface area (Å²) in [4.78, 5) is 25.5. The highest BCUT2D eigenvalue weighted by molar-refractivity contribution is 5.99. The van der Waals surface area contributed by atoms with Gasteiger partial charge in [-0.25, -0.2) is 4.98 Å². The normalized spacial score (nSPS) is 10.2. The van der Waals surface area contributed by atoms with Gasteiger partial charge in [-0.3, -0.25) is 4.79 Å². The predicted octanol–water partition coefficient (Wildman–Crippen LogP) is 1.46. The van der Waals surface area contributed by atoms with Crippen LogP contribution in [0.15, 0.2) is 41.8 Å². The molecule has 0 saturated heterocycles. The Morgan fingerprint density at radius 3 is 2.72 bits per heavy atom. The van der Waals surface area contributed by atoms with Gasteiger partial charge in [0.2, 0.25) is 5.78 Å². The van der Waals surface area contributed by atoms with Crippen LogP contribution in [0.5, 0.6) is 0 Å². The molecule has 18 heavy (non-hydrogen) atoms. The molecule has 0 unspecified atom stereocenters. The number of benzene rings is 1. The van der Waals surface area contributed by atoms with Crippen LogP contribution in [0.3, 0.4) is 0 Å². The van der Waals surface area contributed by atoms with E-state index in [4.69, 9.17) is 5.73 Å². The number of ketones is 1. The number of nitrogens with two attached hydrogens (primary N) is 1. The molecule has 0 saturated carbocycles. The molecule has 1 aromatic heterocycles. The van der Waals surface area contributed by atoms with E-state index in [2.05, 4.69) is 10.2 Å². The molecule has 0 atom stereocenters. The Kier molecular flexibility index (Phi) is 3.47. The van der Waals surface area contributed by atoms with Crippen LogP contribution < -0.4 is 5.73 Å². The second kappa shape index (κ2) is 5.22. The number of imidazole rings is 1. The summed E-state index contributed by atoms with van der Waals surface area (Å²) in [7, 11) is 0. The fourth-order valence-electron chi connectivity index (χ4n) is 1.65. The van der Waals surface area contributed by atoms with Crippen LogP contribution in [0, 0.1) is 4.91 Å². The zero-order chi connectivity index (χ0) is 13.0. The van der Waals surface area contributed by atoms with Crippen LogP contribution in [-0.2, 0) is 6.54 Å². The van der Waals surface area contributed by atoms with Gasteiger partial charge in [0.1, 0.15) is 12.4 Å². The molecule has 92 valence electrons. The van der Waals surface area contributed by atoms with E-state index in [-0.39, 0.29) is 11.5 Å². The number of hydrogen-bond acceptors (Lipinski definition) is 5. The fourth-order valence-corrected chi connectivity index (χ4v) is 1.65. The molecule has 2 rings (SSSR count). The van der Waals surface area contributed by atoms with Gasteiger partial charge in [0, 0.05) is 0 Å². The molecule has 0 radical (unpaired) electrons. The first-order chi connectivity index (χ1) is 8.72. The van der Waals surface area contributed by atoms with Crippen molar-refractivity contribution in [2.24, 2.45) is 5.18 Å². The highest BCUT2D eigenvalue weighted by Crippen LogP contribution is 2.13. The number of Topliss-reactive ketones (excluding diaryl/α,β-unsaturated/α-hetero) is 1. The van der Waals surface area contributed by atoms with Gasteiger partial charge >= 0.3 is 0 Å². The van der Waals surface area contributed by atoms with Crippen LogP contribution >= 0.6 is 0 Å². The topological polar surface area (TPSA) is 90.3 Å². The maximum Gasteiger partial charge on any atom is 0.209 e. The summed E-state index contributed by atoms with van der Waals surface area (Å²) in [6.45, 7) is 0.0913. The lowest BCUT2D eigenvalue weighted by Gasteiger charge is -2.05. The molecule has 0 bridgehead atoms. The largest absolute Gasteiger partial charge is 0.383 e. The molecule has 0 aliphatic heterocycles. The molecule has 0 spiro atoms. The van der Waals surface area contributed by atoms with E-state index in [9.17, 15) is 9.70 Å². The molecule has 2 N–H and O–H groups in total. The summed E-state index contributed by atoms with van der Waals surface area (Å²) in [6.07, 6.45) is 1.49. The Bertz CT molecular complexity index is 563. The number of nitrogen functional groups attached to an aromatic ring is 1. The molecule has 0 aliphatic carbocycles. The maximum atomic E-state index is 11.5. The molecule has 6 nitrogen and oxygen atoms in total. The Balaban J connectivity index is 2.21. The Labute approximate surface area is 103 Å². The molecule has 0 amide bonds. The minimum Gasteiger partial charge on any atom is -0.383 e. The summed E-state index contributed by atoms with van der Waals surface area (Å²) in [6, 6.07) is 9.67. The lowest BCUT2D eigenvalue weighted by atomic mass is 10.2. The third-order valence-electron chi connectivity index (χ3n) is 2.55. The molecule has 1 aromatic carbocycles. The summed E-state index contributed by atoms with van der Waals surface area (Å²) in [5, 5.41) is 2.54. The van der Waals surface area contributed by atoms with E-state index in [0.717, 1.165) is 5.56 Å². The van der Waals surface area contributed by atoms with Gasteiger partial charge in [0.05, 0.1) is 12.9 Å². The van der Waals surface area contributed by atoms with E-state index in [1.807, 2.05) is 30.3 Å². The third kappa shape index (κ3) is 2.42. The average Bonchev–Trinajstić information content (AvgIpc) is 2.73. The third-order valence-corrected chi connectivity index (χ3v) is 2.55. The summed E-state index contributed by atoms with van der Waals surface area (Å²) >= 11 is 0. The minimum atomic E-state index is -0.464. The van der Waals surface area contributed by atoms with Crippen LogP contribution in [0.25, 0.3) is 0 Å². The monoisotopic (exact) mass is 244 g/mol. The highest BCUT2D eigenvalue weighted by Gasteiger charge is 2.15. The van der Waals surface area contributed by atoms with E-state index in [0.29, 0.717) is 6.54 Å². The van der Waals surface area contributed by atoms with Gasteiger partial charge in [0.25, 0.3) is 0 Å². The zero-order valence-electron chi connectivity index (χ0n) is 9.61. The van der Waals surface area contributed by atoms with Crippen LogP contribution in [-0.4, -0.2) is 21.9 Å². The fraction of sp³-hybridized carbons (Fsp3) is 0.167.